The molecule has 1 heterocycles. The van der Waals surface area contributed by atoms with Crippen LogP contribution in [0, 0.1) is 5.41 Å². The topological polar surface area (TPSA) is 79.5 Å². The predicted molar refractivity (Wildman–Crippen MR) is 75.3 cm³/mol. The molecule has 1 aromatic rings. The second kappa shape index (κ2) is 7.12. The SMILES string of the molecule is CCC(CC)(CC(=O)NC(C)Cc1ccco1)C(=O)O. The van der Waals surface area contributed by atoms with E-state index in [1.165, 1.54) is 0 Å². The molecule has 112 valence electrons. The van der Waals surface area contributed by atoms with Gasteiger partial charge in [0.2, 0.25) is 5.91 Å². The van der Waals surface area contributed by atoms with E-state index in [-0.39, 0.29) is 18.4 Å². The number of carbonyl (C=O) groups excluding carboxylic acids is 1. The maximum Gasteiger partial charge on any atom is 0.310 e. The number of hydrogen-bond acceptors (Lipinski definition) is 3. The standard InChI is InChI=1S/C15H23NO4/c1-4-15(5-2,14(18)19)10-13(17)16-11(3)9-12-7-6-8-20-12/h6-8,11H,4-5,9-10H2,1-3H3,(H,16,17)(H,18,19). The second-order valence-corrected chi connectivity index (χ2v) is 5.22. The van der Waals surface area contributed by atoms with Gasteiger partial charge in [0.05, 0.1) is 11.7 Å². The summed E-state index contributed by atoms with van der Waals surface area (Å²) in [5.74, 6) is -0.334. The van der Waals surface area contributed by atoms with Crippen molar-refractivity contribution in [3.8, 4) is 0 Å². The highest BCUT2D eigenvalue weighted by Crippen LogP contribution is 2.30. The molecule has 1 rings (SSSR count). The van der Waals surface area contributed by atoms with Crippen molar-refractivity contribution in [1.82, 2.24) is 5.32 Å². The molecule has 20 heavy (non-hydrogen) atoms. The largest absolute Gasteiger partial charge is 0.481 e. The summed E-state index contributed by atoms with van der Waals surface area (Å²) < 4.78 is 5.22. The first-order valence-electron chi connectivity index (χ1n) is 6.98. The Morgan fingerprint density at radius 1 is 1.40 bits per heavy atom. The lowest BCUT2D eigenvalue weighted by Gasteiger charge is -2.26. The fourth-order valence-electron chi connectivity index (χ4n) is 2.29. The third-order valence-electron chi connectivity index (χ3n) is 3.80. The van der Waals surface area contributed by atoms with Gasteiger partial charge in [0, 0.05) is 18.9 Å². The van der Waals surface area contributed by atoms with Crippen LogP contribution in [0.2, 0.25) is 0 Å². The Kier molecular flexibility index (Phi) is 5.80. The van der Waals surface area contributed by atoms with Crippen molar-refractivity contribution in [3.05, 3.63) is 24.2 Å². The Hall–Kier alpha value is -1.78. The van der Waals surface area contributed by atoms with Gasteiger partial charge in [0.1, 0.15) is 5.76 Å². The minimum Gasteiger partial charge on any atom is -0.481 e. The summed E-state index contributed by atoms with van der Waals surface area (Å²) in [5.41, 5.74) is -0.964. The van der Waals surface area contributed by atoms with Gasteiger partial charge in [0.15, 0.2) is 0 Å². The van der Waals surface area contributed by atoms with Gasteiger partial charge in [-0.2, -0.15) is 0 Å². The Balaban J connectivity index is 2.55. The van der Waals surface area contributed by atoms with Crippen LogP contribution in [-0.4, -0.2) is 23.0 Å². The third-order valence-corrected chi connectivity index (χ3v) is 3.80. The monoisotopic (exact) mass is 281 g/mol. The van der Waals surface area contributed by atoms with Gasteiger partial charge in [-0.3, -0.25) is 9.59 Å². The lowest BCUT2D eigenvalue weighted by Crippen LogP contribution is -2.40. The van der Waals surface area contributed by atoms with E-state index in [0.717, 1.165) is 5.76 Å². The summed E-state index contributed by atoms with van der Waals surface area (Å²) in [6.45, 7) is 5.48. The molecule has 0 aliphatic heterocycles. The zero-order valence-electron chi connectivity index (χ0n) is 12.3. The molecule has 0 saturated heterocycles. The van der Waals surface area contributed by atoms with E-state index in [2.05, 4.69) is 5.32 Å². The molecular formula is C15H23NO4. The molecule has 0 aliphatic carbocycles. The molecule has 0 fully saturated rings. The molecule has 5 heteroatoms. The number of carboxylic acid groups (broad SMARTS) is 1. The number of furan rings is 1. The zero-order chi connectivity index (χ0) is 15.2. The van der Waals surface area contributed by atoms with E-state index in [4.69, 9.17) is 4.42 Å². The average molecular weight is 281 g/mol. The molecule has 1 amide bonds. The van der Waals surface area contributed by atoms with Crippen LogP contribution < -0.4 is 5.32 Å². The molecular weight excluding hydrogens is 258 g/mol. The van der Waals surface area contributed by atoms with E-state index in [1.54, 1.807) is 26.2 Å². The molecule has 0 radical (unpaired) electrons. The lowest BCUT2D eigenvalue weighted by atomic mass is 9.79. The van der Waals surface area contributed by atoms with Crippen LogP contribution in [0.15, 0.2) is 22.8 Å². The molecule has 1 atom stereocenters. The summed E-state index contributed by atoms with van der Waals surface area (Å²) in [6, 6.07) is 3.56. The molecule has 5 nitrogen and oxygen atoms in total. The first kappa shape index (κ1) is 16.3. The van der Waals surface area contributed by atoms with Gasteiger partial charge >= 0.3 is 5.97 Å². The average Bonchev–Trinajstić information content (AvgIpc) is 2.88. The van der Waals surface area contributed by atoms with Crippen molar-refractivity contribution in [1.29, 1.82) is 0 Å². The van der Waals surface area contributed by atoms with Crippen molar-refractivity contribution >= 4 is 11.9 Å². The zero-order valence-corrected chi connectivity index (χ0v) is 12.3. The molecule has 0 aliphatic rings. The van der Waals surface area contributed by atoms with Crippen LogP contribution in [0.4, 0.5) is 0 Å². The molecule has 2 N–H and O–H groups in total. The van der Waals surface area contributed by atoms with Gasteiger partial charge in [-0.1, -0.05) is 13.8 Å². The maximum absolute atomic E-state index is 12.0. The quantitative estimate of drug-likeness (QED) is 0.767. The molecule has 1 aromatic heterocycles. The fourth-order valence-corrected chi connectivity index (χ4v) is 2.29. The van der Waals surface area contributed by atoms with Crippen LogP contribution in [0.5, 0.6) is 0 Å². The van der Waals surface area contributed by atoms with Crippen LogP contribution in [0.1, 0.15) is 45.8 Å². The van der Waals surface area contributed by atoms with Gasteiger partial charge in [-0.15, -0.1) is 0 Å². The lowest BCUT2D eigenvalue weighted by molar-refractivity contribution is -0.152. The molecule has 1 unspecified atom stereocenters. The number of nitrogens with one attached hydrogen (secondary N) is 1. The minimum atomic E-state index is -0.964. The number of rotatable bonds is 8. The second-order valence-electron chi connectivity index (χ2n) is 5.22. The maximum atomic E-state index is 12.0. The van der Waals surface area contributed by atoms with Gasteiger partial charge in [-0.25, -0.2) is 0 Å². The Morgan fingerprint density at radius 3 is 2.50 bits per heavy atom. The number of aliphatic carboxylic acids is 1. The van der Waals surface area contributed by atoms with E-state index < -0.39 is 11.4 Å². The number of carboxylic acids is 1. The number of hydrogen-bond donors (Lipinski definition) is 2. The van der Waals surface area contributed by atoms with Gasteiger partial charge < -0.3 is 14.8 Å². The van der Waals surface area contributed by atoms with Crippen molar-refractivity contribution < 1.29 is 19.1 Å². The molecule has 0 saturated carbocycles. The van der Waals surface area contributed by atoms with Crippen molar-refractivity contribution in [2.75, 3.05) is 0 Å². The van der Waals surface area contributed by atoms with Crippen LogP contribution >= 0.6 is 0 Å². The predicted octanol–water partition coefficient (Wildman–Crippen LogP) is 2.61. The third kappa shape index (κ3) is 4.11. The van der Waals surface area contributed by atoms with Crippen LogP contribution in [0.25, 0.3) is 0 Å². The first-order valence-corrected chi connectivity index (χ1v) is 6.98. The summed E-state index contributed by atoms with van der Waals surface area (Å²) in [6.07, 6.45) is 3.08. The summed E-state index contributed by atoms with van der Waals surface area (Å²) in [7, 11) is 0. The molecule has 0 aromatic carbocycles. The fraction of sp³-hybridized carbons (Fsp3) is 0.600. The van der Waals surface area contributed by atoms with Crippen molar-refractivity contribution in [2.24, 2.45) is 5.41 Å². The van der Waals surface area contributed by atoms with E-state index in [1.807, 2.05) is 13.0 Å². The van der Waals surface area contributed by atoms with E-state index >= 15 is 0 Å². The first-order chi connectivity index (χ1) is 9.43. The number of amides is 1. The van der Waals surface area contributed by atoms with E-state index in [0.29, 0.717) is 19.3 Å². The van der Waals surface area contributed by atoms with Gasteiger partial charge in [0.25, 0.3) is 0 Å². The Labute approximate surface area is 119 Å². The van der Waals surface area contributed by atoms with Gasteiger partial charge in [-0.05, 0) is 31.9 Å². The normalized spacial score (nSPS) is 12.9. The highest BCUT2D eigenvalue weighted by atomic mass is 16.4. The molecule has 0 spiro atoms. The number of carbonyl (C=O) groups is 2. The van der Waals surface area contributed by atoms with Crippen LogP contribution in [0.3, 0.4) is 0 Å². The smallest absolute Gasteiger partial charge is 0.310 e. The Morgan fingerprint density at radius 2 is 2.05 bits per heavy atom. The summed E-state index contributed by atoms with van der Waals surface area (Å²) >= 11 is 0. The molecule has 0 bridgehead atoms. The van der Waals surface area contributed by atoms with Crippen LogP contribution in [-0.2, 0) is 16.0 Å². The Bertz CT molecular complexity index is 435. The minimum absolute atomic E-state index is 0.0117. The summed E-state index contributed by atoms with van der Waals surface area (Å²) in [4.78, 5) is 23.4. The highest BCUT2D eigenvalue weighted by molar-refractivity contribution is 5.85. The van der Waals surface area contributed by atoms with E-state index in [9.17, 15) is 14.7 Å². The van der Waals surface area contributed by atoms with Crippen molar-refractivity contribution in [3.63, 3.8) is 0 Å². The summed E-state index contributed by atoms with van der Waals surface area (Å²) in [5, 5.41) is 12.2. The highest BCUT2D eigenvalue weighted by Gasteiger charge is 2.37. The van der Waals surface area contributed by atoms with Crippen molar-refractivity contribution in [2.45, 2.75) is 52.5 Å².